The van der Waals surface area contributed by atoms with Gasteiger partial charge in [0.05, 0.1) is 18.5 Å². The van der Waals surface area contributed by atoms with E-state index in [2.05, 4.69) is 15.4 Å². The van der Waals surface area contributed by atoms with E-state index in [4.69, 9.17) is 4.74 Å². The molecule has 1 aromatic carbocycles. The topological polar surface area (TPSA) is 93.7 Å². The van der Waals surface area contributed by atoms with Crippen molar-refractivity contribution in [1.29, 1.82) is 0 Å². The molecular formula is C17H22N2O5. The Morgan fingerprint density at radius 1 is 1.04 bits per heavy atom. The van der Waals surface area contributed by atoms with Crippen molar-refractivity contribution in [2.24, 2.45) is 0 Å². The van der Waals surface area contributed by atoms with Gasteiger partial charge in [0.1, 0.15) is 5.60 Å². The van der Waals surface area contributed by atoms with Crippen molar-refractivity contribution in [2.45, 2.75) is 33.3 Å². The Labute approximate surface area is 141 Å². The molecule has 0 fully saturated rings. The molecule has 0 bridgehead atoms. The third-order valence-electron chi connectivity index (χ3n) is 2.64. The van der Waals surface area contributed by atoms with Gasteiger partial charge in [0.15, 0.2) is 0 Å². The molecule has 2 N–H and O–H groups in total. The van der Waals surface area contributed by atoms with Gasteiger partial charge in [-0.3, -0.25) is 10.1 Å². The van der Waals surface area contributed by atoms with Gasteiger partial charge in [0.2, 0.25) is 5.91 Å². The highest BCUT2D eigenvalue weighted by Crippen LogP contribution is 2.24. The Morgan fingerprint density at radius 3 is 2.29 bits per heavy atom. The number of carbonyl (C=O) groups is 3. The van der Waals surface area contributed by atoms with Crippen LogP contribution >= 0.6 is 0 Å². The number of anilines is 2. The van der Waals surface area contributed by atoms with E-state index in [0.717, 1.165) is 17.7 Å². The highest BCUT2D eigenvalue weighted by molar-refractivity contribution is 6.05. The molecule has 7 nitrogen and oxygen atoms in total. The van der Waals surface area contributed by atoms with E-state index in [1.807, 2.05) is 6.92 Å². The summed E-state index contributed by atoms with van der Waals surface area (Å²) in [5, 5.41) is 5.18. The van der Waals surface area contributed by atoms with Crippen LogP contribution in [0.1, 0.15) is 26.3 Å². The fraction of sp³-hybridized carbons (Fsp3) is 0.353. The predicted octanol–water partition coefficient (Wildman–Crippen LogP) is 3.01. The van der Waals surface area contributed by atoms with Crippen LogP contribution < -0.4 is 10.6 Å². The lowest BCUT2D eigenvalue weighted by molar-refractivity contribution is -0.135. The Bertz CT molecular complexity index is 659. The van der Waals surface area contributed by atoms with E-state index < -0.39 is 23.6 Å². The summed E-state index contributed by atoms with van der Waals surface area (Å²) in [6, 6.07) is 5.13. The summed E-state index contributed by atoms with van der Waals surface area (Å²) in [7, 11) is 1.22. The maximum atomic E-state index is 11.9. The Hall–Kier alpha value is -2.83. The van der Waals surface area contributed by atoms with Gasteiger partial charge < -0.3 is 14.8 Å². The molecule has 0 saturated carbocycles. The van der Waals surface area contributed by atoms with Crippen molar-refractivity contribution in [3.05, 3.63) is 35.9 Å². The first-order chi connectivity index (χ1) is 11.1. The molecule has 0 spiro atoms. The first kappa shape index (κ1) is 19.2. The largest absolute Gasteiger partial charge is 0.466 e. The lowest BCUT2D eigenvalue weighted by Crippen LogP contribution is -2.27. The molecule has 0 atom stereocenters. The molecule has 0 aromatic heterocycles. The average Bonchev–Trinajstić information content (AvgIpc) is 2.45. The summed E-state index contributed by atoms with van der Waals surface area (Å²) in [6.45, 7) is 7.10. The minimum atomic E-state index is -0.638. The Kier molecular flexibility index (Phi) is 6.52. The number of aryl methyl sites for hydroxylation is 1. The zero-order chi connectivity index (χ0) is 18.3. The number of hydrogen-bond donors (Lipinski definition) is 2. The Morgan fingerprint density at radius 2 is 1.71 bits per heavy atom. The highest BCUT2D eigenvalue weighted by atomic mass is 16.6. The van der Waals surface area contributed by atoms with Crippen molar-refractivity contribution >= 4 is 29.3 Å². The van der Waals surface area contributed by atoms with Gasteiger partial charge in [-0.25, -0.2) is 9.59 Å². The number of nitrogens with one attached hydrogen (secondary N) is 2. The fourth-order valence-electron chi connectivity index (χ4n) is 1.67. The van der Waals surface area contributed by atoms with E-state index in [1.54, 1.807) is 39.0 Å². The molecule has 0 aliphatic rings. The van der Waals surface area contributed by atoms with Crippen LogP contribution in [0.15, 0.2) is 30.4 Å². The number of ether oxygens (including phenoxy) is 2. The number of carbonyl (C=O) groups excluding carboxylic acids is 3. The molecule has 0 radical (unpaired) electrons. The van der Waals surface area contributed by atoms with Crippen LogP contribution in [0, 0.1) is 6.92 Å². The monoisotopic (exact) mass is 334 g/mol. The summed E-state index contributed by atoms with van der Waals surface area (Å²) in [5.74, 6) is -1.17. The van der Waals surface area contributed by atoms with Crippen LogP contribution in [-0.2, 0) is 19.1 Å². The van der Waals surface area contributed by atoms with Gasteiger partial charge >= 0.3 is 12.1 Å². The van der Waals surface area contributed by atoms with Gasteiger partial charge in [-0.2, -0.15) is 0 Å². The fourth-order valence-corrected chi connectivity index (χ4v) is 1.67. The summed E-state index contributed by atoms with van der Waals surface area (Å²) in [4.78, 5) is 34.8. The van der Waals surface area contributed by atoms with Gasteiger partial charge in [0, 0.05) is 12.2 Å². The molecule has 0 unspecified atom stereocenters. The molecule has 7 heteroatoms. The number of esters is 1. The standard InChI is InChI=1S/C17H22N2O5/c1-11-6-7-12(19-16(22)24-17(2,3)4)13(10-11)18-14(20)8-9-15(21)23-5/h6-10H,1-5H3,(H,18,20)(H,19,22)/b9-8+. The Balaban J connectivity index is 2.89. The number of methoxy groups -OCH3 is 1. The number of rotatable bonds is 4. The molecule has 0 aliphatic carbocycles. The highest BCUT2D eigenvalue weighted by Gasteiger charge is 2.17. The van der Waals surface area contributed by atoms with Crippen molar-refractivity contribution in [3.8, 4) is 0 Å². The summed E-state index contributed by atoms with van der Waals surface area (Å²) < 4.78 is 9.60. The van der Waals surface area contributed by atoms with Gasteiger partial charge in [-0.1, -0.05) is 6.07 Å². The van der Waals surface area contributed by atoms with Crippen molar-refractivity contribution in [2.75, 3.05) is 17.7 Å². The number of hydrogen-bond acceptors (Lipinski definition) is 5. The molecule has 0 heterocycles. The van der Waals surface area contributed by atoms with Gasteiger partial charge in [-0.05, 0) is 45.4 Å². The normalized spacial score (nSPS) is 11.0. The minimum absolute atomic E-state index is 0.384. The second-order valence-corrected chi connectivity index (χ2v) is 6.02. The molecule has 2 amide bonds. The quantitative estimate of drug-likeness (QED) is 0.652. The van der Waals surface area contributed by atoms with Crippen LogP contribution in [-0.4, -0.2) is 30.7 Å². The van der Waals surface area contributed by atoms with Gasteiger partial charge in [0.25, 0.3) is 0 Å². The average molecular weight is 334 g/mol. The third-order valence-corrected chi connectivity index (χ3v) is 2.64. The first-order valence-electron chi connectivity index (χ1n) is 7.28. The zero-order valence-corrected chi connectivity index (χ0v) is 14.4. The number of amides is 2. The smallest absolute Gasteiger partial charge is 0.412 e. The summed E-state index contributed by atoms with van der Waals surface area (Å²) >= 11 is 0. The van der Waals surface area contributed by atoms with Crippen LogP contribution in [0.5, 0.6) is 0 Å². The van der Waals surface area contributed by atoms with Crippen molar-refractivity contribution < 1.29 is 23.9 Å². The summed E-state index contributed by atoms with van der Waals surface area (Å²) in [5.41, 5.74) is 1.02. The van der Waals surface area contributed by atoms with E-state index in [9.17, 15) is 14.4 Å². The minimum Gasteiger partial charge on any atom is -0.466 e. The molecule has 130 valence electrons. The van der Waals surface area contributed by atoms with Crippen molar-refractivity contribution in [1.82, 2.24) is 0 Å². The van der Waals surface area contributed by atoms with Gasteiger partial charge in [-0.15, -0.1) is 0 Å². The molecule has 1 rings (SSSR count). The summed E-state index contributed by atoms with van der Waals surface area (Å²) in [6.07, 6.45) is 1.42. The van der Waals surface area contributed by atoms with E-state index >= 15 is 0 Å². The maximum Gasteiger partial charge on any atom is 0.412 e. The number of benzene rings is 1. The van der Waals surface area contributed by atoms with E-state index in [-0.39, 0.29) is 0 Å². The predicted molar refractivity (Wildman–Crippen MR) is 90.8 cm³/mol. The third kappa shape index (κ3) is 6.95. The SMILES string of the molecule is COC(=O)/C=C/C(=O)Nc1cc(C)ccc1NC(=O)OC(C)(C)C. The second-order valence-electron chi connectivity index (χ2n) is 6.02. The van der Waals surface area contributed by atoms with E-state index in [0.29, 0.717) is 11.4 Å². The second kappa shape index (κ2) is 8.14. The molecule has 1 aromatic rings. The zero-order valence-electron chi connectivity index (χ0n) is 14.4. The first-order valence-corrected chi connectivity index (χ1v) is 7.28. The van der Waals surface area contributed by atoms with E-state index in [1.165, 1.54) is 7.11 Å². The van der Waals surface area contributed by atoms with Crippen LogP contribution in [0.25, 0.3) is 0 Å². The van der Waals surface area contributed by atoms with Crippen molar-refractivity contribution in [3.63, 3.8) is 0 Å². The molecular weight excluding hydrogens is 312 g/mol. The van der Waals surface area contributed by atoms with Crippen LogP contribution in [0.2, 0.25) is 0 Å². The van der Waals surface area contributed by atoms with Crippen LogP contribution in [0.3, 0.4) is 0 Å². The maximum absolute atomic E-state index is 11.9. The lowest BCUT2D eigenvalue weighted by Gasteiger charge is -2.20. The molecule has 24 heavy (non-hydrogen) atoms. The lowest BCUT2D eigenvalue weighted by atomic mass is 10.2. The molecule has 0 aliphatic heterocycles. The molecule has 0 saturated heterocycles. The van der Waals surface area contributed by atoms with Crippen LogP contribution in [0.4, 0.5) is 16.2 Å².